The summed E-state index contributed by atoms with van der Waals surface area (Å²) in [6.07, 6.45) is 0. The number of para-hydroxylation sites is 1. The molecule has 1 N–H and O–H groups in total. The molecule has 0 bridgehead atoms. The van der Waals surface area contributed by atoms with Crippen LogP contribution in [0.1, 0.15) is 34.5 Å². The predicted molar refractivity (Wildman–Crippen MR) is 114 cm³/mol. The molecule has 3 nitrogen and oxygen atoms in total. The summed E-state index contributed by atoms with van der Waals surface area (Å²) in [4.78, 5) is 18.2. The summed E-state index contributed by atoms with van der Waals surface area (Å²) in [5, 5.41) is 4.03. The Morgan fingerprint density at radius 1 is 0.857 bits per heavy atom. The Kier molecular flexibility index (Phi) is 4.90. The minimum Gasteiger partial charge on any atom is -0.345 e. The molecule has 0 aliphatic rings. The first-order chi connectivity index (χ1) is 13.6. The number of hydrogen-bond acceptors (Lipinski definition) is 2. The molecular formula is C25H22N2O. The van der Waals surface area contributed by atoms with Crippen LogP contribution in [0.4, 0.5) is 0 Å². The summed E-state index contributed by atoms with van der Waals surface area (Å²) < 4.78 is 0. The SMILES string of the molecule is Cc1c(-c2ccccc2)nc2ccccc2c1C(=O)NC(C)c1ccccc1. The molecule has 1 amide bonds. The van der Waals surface area contributed by atoms with Crippen molar-refractivity contribution in [2.45, 2.75) is 19.9 Å². The van der Waals surface area contributed by atoms with Crippen molar-refractivity contribution in [2.24, 2.45) is 0 Å². The fraction of sp³-hybridized carbons (Fsp3) is 0.120. The third-order valence-corrected chi connectivity index (χ3v) is 5.06. The highest BCUT2D eigenvalue weighted by Crippen LogP contribution is 2.30. The molecule has 0 aliphatic carbocycles. The summed E-state index contributed by atoms with van der Waals surface area (Å²) in [5.74, 6) is -0.0790. The van der Waals surface area contributed by atoms with E-state index in [1.807, 2.05) is 98.8 Å². The van der Waals surface area contributed by atoms with Crippen molar-refractivity contribution in [3.63, 3.8) is 0 Å². The van der Waals surface area contributed by atoms with E-state index in [9.17, 15) is 4.79 Å². The molecule has 3 aromatic carbocycles. The van der Waals surface area contributed by atoms with Gasteiger partial charge in [-0.2, -0.15) is 0 Å². The second kappa shape index (κ2) is 7.65. The molecule has 1 aromatic heterocycles. The summed E-state index contributed by atoms with van der Waals surface area (Å²) in [5.41, 5.74) is 5.34. The number of hydrogen-bond donors (Lipinski definition) is 1. The fourth-order valence-electron chi connectivity index (χ4n) is 3.57. The highest BCUT2D eigenvalue weighted by molar-refractivity contribution is 6.09. The van der Waals surface area contributed by atoms with E-state index < -0.39 is 0 Å². The van der Waals surface area contributed by atoms with E-state index in [1.165, 1.54) is 0 Å². The quantitative estimate of drug-likeness (QED) is 0.503. The van der Waals surface area contributed by atoms with Crippen LogP contribution in [0.25, 0.3) is 22.2 Å². The van der Waals surface area contributed by atoms with E-state index in [0.29, 0.717) is 5.56 Å². The number of carbonyl (C=O) groups excluding carboxylic acids is 1. The maximum absolute atomic E-state index is 13.3. The molecule has 0 radical (unpaired) electrons. The highest BCUT2D eigenvalue weighted by atomic mass is 16.1. The topological polar surface area (TPSA) is 42.0 Å². The molecule has 0 fully saturated rings. The lowest BCUT2D eigenvalue weighted by Crippen LogP contribution is -2.27. The molecule has 0 saturated carbocycles. The van der Waals surface area contributed by atoms with E-state index in [0.717, 1.165) is 33.3 Å². The van der Waals surface area contributed by atoms with Gasteiger partial charge in [0.15, 0.2) is 0 Å². The second-order valence-electron chi connectivity index (χ2n) is 6.95. The lowest BCUT2D eigenvalue weighted by atomic mass is 9.96. The van der Waals surface area contributed by atoms with Gasteiger partial charge in [0.25, 0.3) is 5.91 Å². The molecule has 1 atom stereocenters. The standard InChI is InChI=1S/C25H22N2O/c1-17-23(25(28)26-18(2)19-11-5-3-6-12-19)21-15-9-10-16-22(21)27-24(17)20-13-7-4-8-14-20/h3-16,18H,1-2H3,(H,26,28). The van der Waals surface area contributed by atoms with Crippen molar-refractivity contribution in [3.05, 3.63) is 102 Å². The van der Waals surface area contributed by atoms with Crippen LogP contribution < -0.4 is 5.32 Å². The molecule has 0 aliphatic heterocycles. The maximum atomic E-state index is 13.3. The van der Waals surface area contributed by atoms with Crippen LogP contribution in [0.15, 0.2) is 84.9 Å². The average molecular weight is 366 g/mol. The van der Waals surface area contributed by atoms with Crippen LogP contribution in [-0.2, 0) is 0 Å². The van der Waals surface area contributed by atoms with Crippen LogP contribution in [0.3, 0.4) is 0 Å². The highest BCUT2D eigenvalue weighted by Gasteiger charge is 2.20. The van der Waals surface area contributed by atoms with Gasteiger partial charge in [0.1, 0.15) is 0 Å². The third-order valence-electron chi connectivity index (χ3n) is 5.06. The van der Waals surface area contributed by atoms with Crippen molar-refractivity contribution in [3.8, 4) is 11.3 Å². The first kappa shape index (κ1) is 17.9. The molecule has 4 rings (SSSR count). The average Bonchev–Trinajstić information content (AvgIpc) is 2.74. The van der Waals surface area contributed by atoms with Gasteiger partial charge >= 0.3 is 0 Å². The summed E-state index contributed by atoms with van der Waals surface area (Å²) >= 11 is 0. The van der Waals surface area contributed by atoms with Gasteiger partial charge in [-0.15, -0.1) is 0 Å². The monoisotopic (exact) mass is 366 g/mol. The van der Waals surface area contributed by atoms with Crippen molar-refractivity contribution >= 4 is 16.8 Å². The molecular weight excluding hydrogens is 344 g/mol. The van der Waals surface area contributed by atoms with Gasteiger partial charge in [-0.3, -0.25) is 4.79 Å². The Balaban J connectivity index is 1.81. The zero-order valence-electron chi connectivity index (χ0n) is 16.0. The molecule has 1 unspecified atom stereocenters. The van der Waals surface area contributed by atoms with Crippen molar-refractivity contribution in [1.82, 2.24) is 10.3 Å². The van der Waals surface area contributed by atoms with E-state index in [-0.39, 0.29) is 11.9 Å². The van der Waals surface area contributed by atoms with Crippen LogP contribution in [0.2, 0.25) is 0 Å². The lowest BCUT2D eigenvalue weighted by Gasteiger charge is -2.18. The maximum Gasteiger partial charge on any atom is 0.252 e. The molecule has 3 heteroatoms. The van der Waals surface area contributed by atoms with E-state index >= 15 is 0 Å². The Morgan fingerprint density at radius 3 is 2.18 bits per heavy atom. The van der Waals surface area contributed by atoms with E-state index in [2.05, 4.69) is 5.32 Å². The largest absolute Gasteiger partial charge is 0.345 e. The van der Waals surface area contributed by atoms with Gasteiger partial charge in [-0.05, 0) is 31.0 Å². The Morgan fingerprint density at radius 2 is 1.46 bits per heavy atom. The van der Waals surface area contributed by atoms with E-state index in [4.69, 9.17) is 4.98 Å². The van der Waals surface area contributed by atoms with Gasteiger partial charge in [-0.1, -0.05) is 78.9 Å². The molecule has 0 saturated heterocycles. The summed E-state index contributed by atoms with van der Waals surface area (Å²) in [7, 11) is 0. The van der Waals surface area contributed by atoms with Crippen LogP contribution in [-0.4, -0.2) is 10.9 Å². The first-order valence-electron chi connectivity index (χ1n) is 9.45. The second-order valence-corrected chi connectivity index (χ2v) is 6.95. The van der Waals surface area contributed by atoms with Crippen molar-refractivity contribution in [1.29, 1.82) is 0 Å². The van der Waals surface area contributed by atoms with Gasteiger partial charge < -0.3 is 5.32 Å². The molecule has 0 spiro atoms. The zero-order valence-corrected chi connectivity index (χ0v) is 16.0. The number of carbonyl (C=O) groups is 1. The van der Waals surface area contributed by atoms with Crippen LogP contribution in [0, 0.1) is 6.92 Å². The number of fused-ring (bicyclic) bond motifs is 1. The predicted octanol–water partition coefficient (Wildman–Crippen LogP) is 5.70. The van der Waals surface area contributed by atoms with Gasteiger partial charge in [0.2, 0.25) is 0 Å². The molecule has 4 aromatic rings. The first-order valence-corrected chi connectivity index (χ1v) is 9.45. The minimum atomic E-state index is -0.0831. The number of nitrogens with zero attached hydrogens (tertiary/aromatic N) is 1. The van der Waals surface area contributed by atoms with Gasteiger partial charge in [0, 0.05) is 10.9 Å². The number of amides is 1. The fourth-order valence-corrected chi connectivity index (χ4v) is 3.57. The number of aromatic nitrogens is 1. The summed E-state index contributed by atoms with van der Waals surface area (Å²) in [6.45, 7) is 3.98. The number of nitrogens with one attached hydrogen (secondary N) is 1. The molecule has 138 valence electrons. The Bertz CT molecular complexity index is 1120. The van der Waals surface area contributed by atoms with Crippen LogP contribution in [0.5, 0.6) is 0 Å². The number of benzene rings is 3. The van der Waals surface area contributed by atoms with Crippen molar-refractivity contribution in [2.75, 3.05) is 0 Å². The Labute approximate surface area is 165 Å². The van der Waals surface area contributed by atoms with Gasteiger partial charge in [-0.25, -0.2) is 4.98 Å². The summed E-state index contributed by atoms with van der Waals surface area (Å²) in [6, 6.07) is 27.7. The Hall–Kier alpha value is -3.46. The number of pyridine rings is 1. The minimum absolute atomic E-state index is 0.0790. The van der Waals surface area contributed by atoms with E-state index in [1.54, 1.807) is 0 Å². The van der Waals surface area contributed by atoms with Gasteiger partial charge in [0.05, 0.1) is 22.8 Å². The lowest BCUT2D eigenvalue weighted by molar-refractivity contribution is 0.0941. The normalized spacial score (nSPS) is 11.9. The van der Waals surface area contributed by atoms with Crippen molar-refractivity contribution < 1.29 is 4.79 Å². The number of rotatable bonds is 4. The third kappa shape index (κ3) is 3.39. The smallest absolute Gasteiger partial charge is 0.252 e. The molecule has 1 heterocycles. The zero-order chi connectivity index (χ0) is 19.5. The van der Waals surface area contributed by atoms with Crippen LogP contribution >= 0.6 is 0 Å². The molecule has 28 heavy (non-hydrogen) atoms.